The van der Waals surface area contributed by atoms with Gasteiger partial charge in [0.25, 0.3) is 0 Å². The summed E-state index contributed by atoms with van der Waals surface area (Å²) in [6.07, 6.45) is 2.37. The van der Waals surface area contributed by atoms with Crippen molar-refractivity contribution in [3.05, 3.63) is 27.8 Å². The van der Waals surface area contributed by atoms with E-state index >= 15 is 0 Å². The Kier molecular flexibility index (Phi) is 2.36. The average molecular weight is 236 g/mol. The molecule has 0 aromatic heterocycles. The van der Waals surface area contributed by atoms with Crippen LogP contribution in [0.15, 0.2) is 12.1 Å². The molecule has 1 aliphatic carbocycles. The number of nitrogens with one attached hydrogen (secondary N) is 1. The molecule has 0 spiro atoms. The molecule has 0 radical (unpaired) electrons. The van der Waals surface area contributed by atoms with Crippen LogP contribution in [0.25, 0.3) is 0 Å². The predicted molar refractivity (Wildman–Crippen MR) is 59.1 cm³/mol. The summed E-state index contributed by atoms with van der Waals surface area (Å²) in [5.41, 5.74) is 0.834. The van der Waals surface area contributed by atoms with Crippen molar-refractivity contribution in [3.8, 4) is 11.5 Å². The SMILES string of the molecule is O=[N+]([O-])c1cc(CNC2CC2)cc2c1OCO2. The lowest BCUT2D eigenvalue weighted by molar-refractivity contribution is -0.385. The minimum Gasteiger partial charge on any atom is -0.453 e. The Labute approximate surface area is 97.7 Å². The monoisotopic (exact) mass is 236 g/mol. The summed E-state index contributed by atoms with van der Waals surface area (Å²) in [7, 11) is 0. The van der Waals surface area contributed by atoms with Crippen LogP contribution in [0.3, 0.4) is 0 Å². The topological polar surface area (TPSA) is 73.6 Å². The van der Waals surface area contributed by atoms with Crippen LogP contribution in [0.4, 0.5) is 5.69 Å². The Morgan fingerprint density at radius 2 is 2.24 bits per heavy atom. The molecule has 1 heterocycles. The molecule has 3 rings (SSSR count). The van der Waals surface area contributed by atoms with Gasteiger partial charge in [0.2, 0.25) is 12.5 Å². The van der Waals surface area contributed by atoms with Gasteiger partial charge in [-0.1, -0.05) is 0 Å². The quantitative estimate of drug-likeness (QED) is 0.634. The fourth-order valence-electron chi connectivity index (χ4n) is 1.83. The molecule has 2 aliphatic rings. The zero-order valence-corrected chi connectivity index (χ0v) is 9.14. The van der Waals surface area contributed by atoms with Gasteiger partial charge in [-0.25, -0.2) is 0 Å². The third-order valence-electron chi connectivity index (χ3n) is 2.88. The maximum atomic E-state index is 10.9. The van der Waals surface area contributed by atoms with Crippen molar-refractivity contribution in [2.45, 2.75) is 25.4 Å². The Morgan fingerprint density at radius 1 is 1.41 bits per heavy atom. The van der Waals surface area contributed by atoms with Gasteiger partial charge < -0.3 is 14.8 Å². The van der Waals surface area contributed by atoms with Gasteiger partial charge in [-0.05, 0) is 24.5 Å². The first-order valence-corrected chi connectivity index (χ1v) is 5.54. The van der Waals surface area contributed by atoms with Crippen LogP contribution in [0, 0.1) is 10.1 Å². The van der Waals surface area contributed by atoms with E-state index < -0.39 is 4.92 Å². The average Bonchev–Trinajstić information content (AvgIpc) is 3.02. The number of ether oxygens (including phenoxy) is 2. The van der Waals surface area contributed by atoms with E-state index in [2.05, 4.69) is 5.32 Å². The summed E-state index contributed by atoms with van der Waals surface area (Å²) in [6.45, 7) is 0.678. The number of hydrogen-bond donors (Lipinski definition) is 1. The van der Waals surface area contributed by atoms with Gasteiger partial charge in [-0.3, -0.25) is 10.1 Å². The maximum absolute atomic E-state index is 10.9. The van der Waals surface area contributed by atoms with Crippen molar-refractivity contribution in [3.63, 3.8) is 0 Å². The van der Waals surface area contributed by atoms with E-state index in [-0.39, 0.29) is 18.2 Å². The van der Waals surface area contributed by atoms with Crippen LogP contribution < -0.4 is 14.8 Å². The summed E-state index contributed by atoms with van der Waals surface area (Å²) in [6, 6.07) is 3.91. The molecule has 1 aromatic carbocycles. The Morgan fingerprint density at radius 3 is 2.94 bits per heavy atom. The highest BCUT2D eigenvalue weighted by atomic mass is 16.7. The second-order valence-electron chi connectivity index (χ2n) is 4.26. The number of rotatable bonds is 4. The van der Waals surface area contributed by atoms with Gasteiger partial charge in [0, 0.05) is 18.7 Å². The van der Waals surface area contributed by atoms with Gasteiger partial charge in [0.15, 0.2) is 5.75 Å². The summed E-state index contributed by atoms with van der Waals surface area (Å²) < 4.78 is 10.3. The summed E-state index contributed by atoms with van der Waals surface area (Å²) >= 11 is 0. The summed E-state index contributed by atoms with van der Waals surface area (Å²) in [5, 5.41) is 14.2. The molecule has 0 amide bonds. The molecule has 0 saturated heterocycles. The first-order chi connectivity index (χ1) is 8.24. The zero-order chi connectivity index (χ0) is 11.8. The highest BCUT2D eigenvalue weighted by Crippen LogP contribution is 2.41. The normalized spacial score (nSPS) is 17.2. The van der Waals surface area contributed by atoms with E-state index in [1.54, 1.807) is 12.1 Å². The molecule has 6 nitrogen and oxygen atoms in total. The molecule has 0 atom stereocenters. The van der Waals surface area contributed by atoms with Gasteiger partial charge in [-0.2, -0.15) is 0 Å². The fraction of sp³-hybridized carbons (Fsp3) is 0.455. The molecule has 6 heteroatoms. The molecule has 0 bridgehead atoms. The molecule has 90 valence electrons. The lowest BCUT2D eigenvalue weighted by Crippen LogP contribution is -2.15. The molecule has 0 unspecified atom stereocenters. The van der Waals surface area contributed by atoms with Gasteiger partial charge in [0.05, 0.1) is 4.92 Å². The second kappa shape index (κ2) is 3.89. The highest BCUT2D eigenvalue weighted by molar-refractivity contribution is 5.59. The van der Waals surface area contributed by atoms with Gasteiger partial charge in [0.1, 0.15) is 0 Å². The van der Waals surface area contributed by atoms with E-state index in [0.29, 0.717) is 18.3 Å². The molecule has 17 heavy (non-hydrogen) atoms. The first-order valence-electron chi connectivity index (χ1n) is 5.54. The van der Waals surface area contributed by atoms with E-state index in [9.17, 15) is 10.1 Å². The van der Waals surface area contributed by atoms with Crippen molar-refractivity contribution in [1.29, 1.82) is 0 Å². The second-order valence-corrected chi connectivity index (χ2v) is 4.26. The van der Waals surface area contributed by atoms with E-state index in [1.807, 2.05) is 0 Å². The van der Waals surface area contributed by atoms with Crippen LogP contribution in [-0.4, -0.2) is 17.8 Å². The van der Waals surface area contributed by atoms with Crippen LogP contribution in [0.2, 0.25) is 0 Å². The highest BCUT2D eigenvalue weighted by Gasteiger charge is 2.27. The lowest BCUT2D eigenvalue weighted by Gasteiger charge is -2.05. The number of benzene rings is 1. The fourth-order valence-corrected chi connectivity index (χ4v) is 1.83. The third-order valence-corrected chi connectivity index (χ3v) is 2.88. The largest absolute Gasteiger partial charge is 0.453 e. The van der Waals surface area contributed by atoms with E-state index in [1.165, 1.54) is 12.8 Å². The van der Waals surface area contributed by atoms with Crippen LogP contribution >= 0.6 is 0 Å². The van der Waals surface area contributed by atoms with Crippen molar-refractivity contribution in [2.75, 3.05) is 6.79 Å². The lowest BCUT2D eigenvalue weighted by atomic mass is 10.1. The Balaban J connectivity index is 1.88. The first kappa shape index (κ1) is 10.3. The number of fused-ring (bicyclic) bond motifs is 1. The van der Waals surface area contributed by atoms with Crippen LogP contribution in [0.5, 0.6) is 11.5 Å². The van der Waals surface area contributed by atoms with E-state index in [0.717, 1.165) is 5.56 Å². The van der Waals surface area contributed by atoms with Crippen molar-refractivity contribution >= 4 is 5.69 Å². The number of nitro groups is 1. The molecular formula is C11H12N2O4. The summed E-state index contributed by atoms with van der Waals surface area (Å²) in [4.78, 5) is 10.5. The van der Waals surface area contributed by atoms with Gasteiger partial charge >= 0.3 is 5.69 Å². The third kappa shape index (κ3) is 2.03. The minimum absolute atomic E-state index is 0.0207. The molecule has 1 aromatic rings. The van der Waals surface area contributed by atoms with Crippen molar-refractivity contribution in [2.24, 2.45) is 0 Å². The Bertz CT molecular complexity index is 471. The Hall–Kier alpha value is -1.82. The molecule has 1 N–H and O–H groups in total. The van der Waals surface area contributed by atoms with Crippen molar-refractivity contribution in [1.82, 2.24) is 5.32 Å². The number of nitrogens with zero attached hydrogens (tertiary/aromatic N) is 1. The van der Waals surface area contributed by atoms with Gasteiger partial charge in [-0.15, -0.1) is 0 Å². The van der Waals surface area contributed by atoms with Crippen LogP contribution in [-0.2, 0) is 6.54 Å². The molecular weight excluding hydrogens is 224 g/mol. The smallest absolute Gasteiger partial charge is 0.315 e. The maximum Gasteiger partial charge on any atom is 0.315 e. The minimum atomic E-state index is -0.436. The molecule has 1 aliphatic heterocycles. The standard InChI is InChI=1S/C11H12N2O4/c14-13(15)9-3-7(5-12-8-1-2-8)4-10-11(9)17-6-16-10/h3-4,8,12H,1-2,5-6H2. The van der Waals surface area contributed by atoms with Crippen LogP contribution in [0.1, 0.15) is 18.4 Å². The molecule has 1 saturated carbocycles. The predicted octanol–water partition coefficient (Wildman–Crippen LogP) is 1.58. The summed E-state index contributed by atoms with van der Waals surface area (Å²) in [5.74, 6) is 0.706. The number of hydrogen-bond acceptors (Lipinski definition) is 5. The molecule has 1 fully saturated rings. The van der Waals surface area contributed by atoms with E-state index in [4.69, 9.17) is 9.47 Å². The number of nitro benzene ring substituents is 1. The van der Waals surface area contributed by atoms with Crippen molar-refractivity contribution < 1.29 is 14.4 Å². The zero-order valence-electron chi connectivity index (χ0n) is 9.14.